The van der Waals surface area contributed by atoms with Gasteiger partial charge in [-0.1, -0.05) is 34.6 Å². The quantitative estimate of drug-likeness (QED) is 0.429. The normalized spacial score (nSPS) is 17.6. The highest BCUT2D eigenvalue weighted by atomic mass is 127. The Hall–Kier alpha value is -1.55. The number of alkyl halides is 1. The molecule has 116 valence electrons. The van der Waals surface area contributed by atoms with Gasteiger partial charge >= 0.3 is 0 Å². The predicted octanol–water partition coefficient (Wildman–Crippen LogP) is 3.62. The van der Waals surface area contributed by atoms with E-state index in [-0.39, 0.29) is 16.4 Å². The van der Waals surface area contributed by atoms with Gasteiger partial charge in [0.25, 0.3) is 0 Å². The van der Waals surface area contributed by atoms with Crippen molar-refractivity contribution in [2.45, 2.75) is 24.2 Å². The molecule has 0 aliphatic carbocycles. The second-order valence-corrected chi connectivity index (χ2v) is 6.24. The van der Waals surface area contributed by atoms with E-state index in [1.165, 1.54) is 6.07 Å². The van der Waals surface area contributed by atoms with Crippen molar-refractivity contribution in [3.63, 3.8) is 0 Å². The van der Waals surface area contributed by atoms with E-state index >= 15 is 0 Å². The number of ether oxygens (including phenoxy) is 1. The van der Waals surface area contributed by atoms with Crippen molar-refractivity contribution in [3.05, 3.63) is 35.7 Å². The van der Waals surface area contributed by atoms with Crippen molar-refractivity contribution in [1.82, 2.24) is 4.90 Å². The maximum Gasteiger partial charge on any atom is 0.240 e. The van der Waals surface area contributed by atoms with Gasteiger partial charge in [-0.15, -0.1) is 5.92 Å². The van der Waals surface area contributed by atoms with Crippen LogP contribution in [-0.2, 0) is 4.79 Å². The van der Waals surface area contributed by atoms with E-state index in [1.54, 1.807) is 24.0 Å². The average molecular weight is 413 g/mol. The summed E-state index contributed by atoms with van der Waals surface area (Å²) in [6.07, 6.45) is 2.54. The number of carbonyl (C=O) groups excluding carboxylic acids is 1. The van der Waals surface area contributed by atoms with E-state index in [9.17, 15) is 9.18 Å². The minimum Gasteiger partial charge on any atom is -0.481 e. The Morgan fingerprint density at radius 3 is 2.91 bits per heavy atom. The molecule has 22 heavy (non-hydrogen) atoms. The summed E-state index contributed by atoms with van der Waals surface area (Å²) in [5.74, 6) is 5.54. The lowest BCUT2D eigenvalue weighted by molar-refractivity contribution is -0.127. The molecule has 0 fully saturated rings. The molecule has 1 unspecified atom stereocenters. The lowest BCUT2D eigenvalue weighted by Crippen LogP contribution is -2.38. The van der Waals surface area contributed by atoms with E-state index in [0.717, 1.165) is 0 Å². The van der Waals surface area contributed by atoms with Crippen LogP contribution >= 0.6 is 22.6 Å². The highest BCUT2D eigenvalue weighted by Gasteiger charge is 2.29. The van der Waals surface area contributed by atoms with E-state index in [1.807, 2.05) is 13.0 Å². The topological polar surface area (TPSA) is 29.5 Å². The highest BCUT2D eigenvalue weighted by molar-refractivity contribution is 14.1. The predicted molar refractivity (Wildman–Crippen MR) is 93.1 cm³/mol. The molecule has 1 heterocycles. The number of allylic oxidation sites excluding steroid dienone is 1. The van der Waals surface area contributed by atoms with Gasteiger partial charge < -0.3 is 9.64 Å². The van der Waals surface area contributed by atoms with Gasteiger partial charge in [0.15, 0.2) is 0 Å². The Balaban J connectivity index is 2.28. The summed E-state index contributed by atoms with van der Waals surface area (Å²) in [5, 5.41) is 0. The number of hydrogen-bond acceptors (Lipinski definition) is 2. The summed E-state index contributed by atoms with van der Waals surface area (Å²) < 4.78 is 19.6. The third-order valence-corrected chi connectivity index (χ3v) is 4.40. The molecule has 0 bridgehead atoms. The van der Waals surface area contributed by atoms with E-state index in [2.05, 4.69) is 34.4 Å². The highest BCUT2D eigenvalue weighted by Crippen LogP contribution is 2.31. The number of nitrogens with zero attached hydrogens (tertiary/aromatic N) is 1. The summed E-state index contributed by atoms with van der Waals surface area (Å²) in [6.45, 7) is 4.36. The second kappa shape index (κ2) is 7.63. The molecule has 3 nitrogen and oxygen atoms in total. The Bertz CT molecular complexity index is 660. The molecule has 0 radical (unpaired) electrons. The fourth-order valence-electron chi connectivity index (χ4n) is 2.28. The summed E-state index contributed by atoms with van der Waals surface area (Å²) in [4.78, 5) is 13.8. The molecule has 1 aliphatic rings. The van der Waals surface area contributed by atoms with Crippen molar-refractivity contribution < 1.29 is 13.9 Å². The first-order chi connectivity index (χ1) is 10.6. The maximum absolute atomic E-state index is 14.4. The number of rotatable bonds is 4. The molecular formula is C17H17FINO2. The van der Waals surface area contributed by atoms with Gasteiger partial charge in [0, 0.05) is 23.9 Å². The minimum absolute atomic E-state index is 0.0264. The zero-order valence-electron chi connectivity index (χ0n) is 12.5. The first-order valence-electron chi connectivity index (χ1n) is 7.06. The van der Waals surface area contributed by atoms with Gasteiger partial charge in [-0.2, -0.15) is 0 Å². The van der Waals surface area contributed by atoms with Crippen LogP contribution in [0.5, 0.6) is 5.75 Å². The zero-order chi connectivity index (χ0) is 16.1. The Labute approximate surface area is 143 Å². The third kappa shape index (κ3) is 3.61. The maximum atomic E-state index is 14.4. The monoisotopic (exact) mass is 413 g/mol. The van der Waals surface area contributed by atoms with Crippen molar-refractivity contribution in [2.24, 2.45) is 0 Å². The molecule has 0 saturated heterocycles. The molecule has 0 N–H and O–H groups in total. The molecule has 1 atom stereocenters. The molecule has 5 heteroatoms. The summed E-state index contributed by atoms with van der Waals surface area (Å²) in [7, 11) is 0. The number of carbonyl (C=O) groups is 1. The molecule has 1 aromatic rings. The van der Waals surface area contributed by atoms with Crippen LogP contribution in [0.15, 0.2) is 24.3 Å². The van der Waals surface area contributed by atoms with Crippen molar-refractivity contribution in [2.75, 3.05) is 13.2 Å². The van der Waals surface area contributed by atoms with Crippen LogP contribution in [0.1, 0.15) is 25.8 Å². The number of amides is 1. The van der Waals surface area contributed by atoms with Gasteiger partial charge in [0.05, 0.1) is 3.92 Å². The van der Waals surface area contributed by atoms with Crippen LogP contribution in [0.3, 0.4) is 0 Å². The van der Waals surface area contributed by atoms with Crippen LogP contribution in [-0.4, -0.2) is 27.9 Å². The molecule has 2 rings (SSSR count). The molecule has 1 aromatic carbocycles. The number of hydrogen-bond donors (Lipinski definition) is 0. The van der Waals surface area contributed by atoms with E-state index in [0.29, 0.717) is 30.0 Å². The molecule has 1 aliphatic heterocycles. The summed E-state index contributed by atoms with van der Waals surface area (Å²) in [5.41, 5.74) is 1.06. The first-order valence-corrected chi connectivity index (χ1v) is 8.31. The van der Waals surface area contributed by atoms with Gasteiger partial charge in [-0.25, -0.2) is 4.39 Å². The van der Waals surface area contributed by atoms with Crippen LogP contribution < -0.4 is 4.74 Å². The Kier molecular flexibility index (Phi) is 5.83. The molecular weight excluding hydrogens is 396 g/mol. The van der Waals surface area contributed by atoms with E-state index in [4.69, 9.17) is 4.74 Å². The smallest absolute Gasteiger partial charge is 0.240 e. The Morgan fingerprint density at radius 1 is 1.50 bits per heavy atom. The second-order valence-electron chi connectivity index (χ2n) is 4.73. The lowest BCUT2D eigenvalue weighted by Gasteiger charge is -2.30. The SMILES string of the molecule is CC#CCOc1ccc(C2=CCC(I)C(=O)N2CC)c(F)c1. The summed E-state index contributed by atoms with van der Waals surface area (Å²) >= 11 is 2.12. The number of halogens is 2. The van der Waals surface area contributed by atoms with Crippen LogP contribution in [0.25, 0.3) is 5.70 Å². The molecule has 0 aromatic heterocycles. The van der Waals surface area contributed by atoms with Gasteiger partial charge in [0.1, 0.15) is 18.2 Å². The molecule has 0 spiro atoms. The zero-order valence-corrected chi connectivity index (χ0v) is 14.7. The minimum atomic E-state index is -0.397. The summed E-state index contributed by atoms with van der Waals surface area (Å²) in [6, 6.07) is 4.69. The Morgan fingerprint density at radius 2 is 2.27 bits per heavy atom. The lowest BCUT2D eigenvalue weighted by atomic mass is 10.0. The molecule has 1 amide bonds. The largest absolute Gasteiger partial charge is 0.481 e. The van der Waals surface area contributed by atoms with Crippen LogP contribution in [0.4, 0.5) is 4.39 Å². The van der Waals surface area contributed by atoms with Crippen molar-refractivity contribution >= 4 is 34.2 Å². The van der Waals surface area contributed by atoms with Crippen molar-refractivity contribution in [3.8, 4) is 17.6 Å². The van der Waals surface area contributed by atoms with Gasteiger partial charge in [0.2, 0.25) is 5.91 Å². The number of benzene rings is 1. The molecule has 0 saturated carbocycles. The fraction of sp³-hybridized carbons (Fsp3) is 0.353. The van der Waals surface area contributed by atoms with Crippen LogP contribution in [0, 0.1) is 17.7 Å². The van der Waals surface area contributed by atoms with Crippen molar-refractivity contribution in [1.29, 1.82) is 0 Å². The van der Waals surface area contributed by atoms with E-state index < -0.39 is 5.82 Å². The first kappa shape index (κ1) is 16.8. The van der Waals surface area contributed by atoms with Gasteiger partial charge in [-0.05, 0) is 32.4 Å². The standard InChI is InChI=1S/C17H17FINO2/c1-3-5-10-22-12-6-7-13(14(18)11-12)16-9-8-15(19)17(21)20(16)4-2/h6-7,9,11,15H,4,8,10H2,1-2H3. The average Bonchev–Trinajstić information content (AvgIpc) is 2.51. The fourth-order valence-corrected chi connectivity index (χ4v) is 2.87. The van der Waals surface area contributed by atoms with Gasteiger partial charge in [-0.3, -0.25) is 4.79 Å². The van der Waals surface area contributed by atoms with Crippen LogP contribution in [0.2, 0.25) is 0 Å². The third-order valence-electron chi connectivity index (χ3n) is 3.36.